The molecule has 3 nitrogen and oxygen atoms in total. The predicted molar refractivity (Wildman–Crippen MR) is 81.2 cm³/mol. The van der Waals surface area contributed by atoms with E-state index < -0.39 is 0 Å². The molecular weight excluding hydrogens is 248 g/mol. The summed E-state index contributed by atoms with van der Waals surface area (Å²) in [5, 5.41) is 0. The molecule has 102 valence electrons. The first-order valence-corrected chi connectivity index (χ1v) is 6.95. The number of hydrogen-bond acceptors (Lipinski definition) is 2. The van der Waals surface area contributed by atoms with Gasteiger partial charge in [0.1, 0.15) is 11.4 Å². The first-order chi connectivity index (χ1) is 9.76. The van der Waals surface area contributed by atoms with Crippen molar-refractivity contribution < 1.29 is 4.74 Å². The van der Waals surface area contributed by atoms with Crippen molar-refractivity contribution in [3.8, 4) is 17.0 Å². The topological polar surface area (TPSA) is 26.5 Å². The number of pyridine rings is 1. The Balaban J connectivity index is 1.90. The number of rotatable bonds is 4. The fourth-order valence-electron chi connectivity index (χ4n) is 2.18. The summed E-state index contributed by atoms with van der Waals surface area (Å²) in [6, 6.07) is 12.2. The van der Waals surface area contributed by atoms with Crippen molar-refractivity contribution >= 4 is 5.65 Å². The van der Waals surface area contributed by atoms with Gasteiger partial charge in [-0.15, -0.1) is 0 Å². The highest BCUT2D eigenvalue weighted by molar-refractivity contribution is 5.63. The third kappa shape index (κ3) is 2.52. The van der Waals surface area contributed by atoms with E-state index in [1.165, 1.54) is 5.56 Å². The molecule has 0 aliphatic heterocycles. The second-order valence-electron chi connectivity index (χ2n) is 4.97. The van der Waals surface area contributed by atoms with Crippen molar-refractivity contribution in [3.05, 3.63) is 54.4 Å². The van der Waals surface area contributed by atoms with E-state index in [0.29, 0.717) is 0 Å². The van der Waals surface area contributed by atoms with Crippen LogP contribution >= 0.6 is 0 Å². The average Bonchev–Trinajstić information content (AvgIpc) is 2.88. The SMILES string of the molecule is CCCOc1ccc(-c2cn3cc(C)ccc3n2)cc1. The smallest absolute Gasteiger partial charge is 0.137 e. The van der Waals surface area contributed by atoms with E-state index in [4.69, 9.17) is 4.74 Å². The van der Waals surface area contributed by atoms with Crippen LogP contribution in [0.15, 0.2) is 48.8 Å². The third-order valence-electron chi connectivity index (χ3n) is 3.22. The lowest BCUT2D eigenvalue weighted by Gasteiger charge is -2.04. The Kier molecular flexibility index (Phi) is 3.42. The van der Waals surface area contributed by atoms with Gasteiger partial charge in [-0.1, -0.05) is 13.0 Å². The van der Waals surface area contributed by atoms with E-state index in [0.717, 1.165) is 35.7 Å². The van der Waals surface area contributed by atoms with Gasteiger partial charge < -0.3 is 9.14 Å². The Labute approximate surface area is 118 Å². The summed E-state index contributed by atoms with van der Waals surface area (Å²) in [6.45, 7) is 4.94. The molecule has 3 aromatic rings. The van der Waals surface area contributed by atoms with E-state index in [9.17, 15) is 0 Å². The first-order valence-electron chi connectivity index (χ1n) is 6.95. The van der Waals surface area contributed by atoms with E-state index >= 15 is 0 Å². The summed E-state index contributed by atoms with van der Waals surface area (Å²) in [6.07, 6.45) is 5.17. The molecule has 1 aromatic carbocycles. The molecule has 0 aliphatic rings. The minimum absolute atomic E-state index is 0.757. The third-order valence-corrected chi connectivity index (χ3v) is 3.22. The Hall–Kier alpha value is -2.29. The number of aromatic nitrogens is 2. The Bertz CT molecular complexity index is 713. The standard InChI is InChI=1S/C17H18N2O/c1-3-10-20-15-7-5-14(6-8-15)16-12-19-11-13(2)4-9-17(19)18-16/h4-9,11-12H,3,10H2,1-2H3. The normalized spacial score (nSPS) is 10.9. The van der Waals surface area contributed by atoms with Crippen LogP contribution in [0.5, 0.6) is 5.75 Å². The van der Waals surface area contributed by atoms with Gasteiger partial charge in [0.15, 0.2) is 0 Å². The molecule has 0 spiro atoms. The molecule has 0 saturated carbocycles. The van der Waals surface area contributed by atoms with Gasteiger partial charge in [-0.25, -0.2) is 4.98 Å². The number of ether oxygens (including phenoxy) is 1. The zero-order valence-electron chi connectivity index (χ0n) is 11.8. The highest BCUT2D eigenvalue weighted by atomic mass is 16.5. The summed E-state index contributed by atoms with van der Waals surface area (Å²) >= 11 is 0. The quantitative estimate of drug-likeness (QED) is 0.710. The molecule has 20 heavy (non-hydrogen) atoms. The van der Waals surface area contributed by atoms with Crippen molar-refractivity contribution in [1.29, 1.82) is 0 Å². The fourth-order valence-corrected chi connectivity index (χ4v) is 2.18. The van der Waals surface area contributed by atoms with Crippen LogP contribution in [0.4, 0.5) is 0 Å². The molecule has 0 atom stereocenters. The van der Waals surface area contributed by atoms with E-state index in [2.05, 4.69) is 53.8 Å². The maximum atomic E-state index is 5.60. The highest BCUT2D eigenvalue weighted by Gasteiger charge is 2.04. The minimum atomic E-state index is 0.757. The zero-order valence-corrected chi connectivity index (χ0v) is 11.8. The molecule has 0 saturated heterocycles. The lowest BCUT2D eigenvalue weighted by Crippen LogP contribution is -1.94. The maximum absolute atomic E-state index is 5.60. The lowest BCUT2D eigenvalue weighted by molar-refractivity contribution is 0.317. The van der Waals surface area contributed by atoms with Gasteiger partial charge in [0.25, 0.3) is 0 Å². The van der Waals surface area contributed by atoms with Gasteiger partial charge >= 0.3 is 0 Å². The number of nitrogens with zero attached hydrogens (tertiary/aromatic N) is 2. The van der Waals surface area contributed by atoms with Crippen molar-refractivity contribution in [2.24, 2.45) is 0 Å². The minimum Gasteiger partial charge on any atom is -0.494 e. The van der Waals surface area contributed by atoms with Crippen molar-refractivity contribution in [2.45, 2.75) is 20.3 Å². The second-order valence-corrected chi connectivity index (χ2v) is 4.97. The van der Waals surface area contributed by atoms with Crippen LogP contribution in [0.3, 0.4) is 0 Å². The number of aryl methyl sites for hydroxylation is 1. The molecule has 3 rings (SSSR count). The molecule has 0 N–H and O–H groups in total. The van der Waals surface area contributed by atoms with Gasteiger partial charge in [-0.3, -0.25) is 0 Å². The van der Waals surface area contributed by atoms with Gasteiger partial charge in [0, 0.05) is 18.0 Å². The summed E-state index contributed by atoms with van der Waals surface area (Å²) in [4.78, 5) is 4.64. The maximum Gasteiger partial charge on any atom is 0.137 e. The molecule has 0 bridgehead atoms. The highest BCUT2D eigenvalue weighted by Crippen LogP contribution is 2.22. The number of fused-ring (bicyclic) bond motifs is 1. The predicted octanol–water partition coefficient (Wildman–Crippen LogP) is 4.10. The molecule has 2 aromatic heterocycles. The summed E-state index contributed by atoms with van der Waals surface area (Å²) in [7, 11) is 0. The van der Waals surface area contributed by atoms with Crippen LogP contribution in [-0.2, 0) is 0 Å². The van der Waals surface area contributed by atoms with Crippen LogP contribution in [0.1, 0.15) is 18.9 Å². The van der Waals surface area contributed by atoms with Crippen LogP contribution in [0.2, 0.25) is 0 Å². The van der Waals surface area contributed by atoms with E-state index in [1.807, 2.05) is 18.2 Å². The summed E-state index contributed by atoms with van der Waals surface area (Å²) < 4.78 is 7.66. The van der Waals surface area contributed by atoms with Crippen LogP contribution in [-0.4, -0.2) is 16.0 Å². The molecule has 0 amide bonds. The molecule has 2 heterocycles. The van der Waals surface area contributed by atoms with Gasteiger partial charge in [0.05, 0.1) is 12.3 Å². The van der Waals surface area contributed by atoms with Gasteiger partial charge in [-0.05, 0) is 49.2 Å². The molecular formula is C17H18N2O. The number of hydrogen-bond donors (Lipinski definition) is 0. The zero-order chi connectivity index (χ0) is 13.9. The van der Waals surface area contributed by atoms with Crippen molar-refractivity contribution in [3.63, 3.8) is 0 Å². The number of benzene rings is 1. The van der Waals surface area contributed by atoms with Crippen LogP contribution in [0, 0.1) is 6.92 Å². The second kappa shape index (κ2) is 5.37. The van der Waals surface area contributed by atoms with Crippen LogP contribution in [0.25, 0.3) is 16.9 Å². The summed E-state index contributed by atoms with van der Waals surface area (Å²) in [5.41, 5.74) is 4.29. The molecule has 0 radical (unpaired) electrons. The molecule has 0 unspecified atom stereocenters. The number of imidazole rings is 1. The van der Waals surface area contributed by atoms with Crippen molar-refractivity contribution in [2.75, 3.05) is 6.61 Å². The summed E-state index contributed by atoms with van der Waals surface area (Å²) in [5.74, 6) is 0.912. The Morgan fingerprint density at radius 3 is 2.60 bits per heavy atom. The van der Waals surface area contributed by atoms with Crippen molar-refractivity contribution in [1.82, 2.24) is 9.38 Å². The molecule has 0 fully saturated rings. The molecule has 3 heteroatoms. The largest absolute Gasteiger partial charge is 0.494 e. The first kappa shape index (κ1) is 12.7. The monoisotopic (exact) mass is 266 g/mol. The van der Waals surface area contributed by atoms with Crippen LogP contribution < -0.4 is 4.74 Å². The Morgan fingerprint density at radius 2 is 1.85 bits per heavy atom. The van der Waals surface area contributed by atoms with Gasteiger partial charge in [-0.2, -0.15) is 0 Å². The fraction of sp³-hybridized carbons (Fsp3) is 0.235. The molecule has 0 aliphatic carbocycles. The van der Waals surface area contributed by atoms with Gasteiger partial charge in [0.2, 0.25) is 0 Å². The van der Waals surface area contributed by atoms with E-state index in [1.54, 1.807) is 0 Å². The Morgan fingerprint density at radius 1 is 1.05 bits per heavy atom. The lowest BCUT2D eigenvalue weighted by atomic mass is 10.2. The van der Waals surface area contributed by atoms with E-state index in [-0.39, 0.29) is 0 Å². The average molecular weight is 266 g/mol.